The minimum Gasteiger partial charge on any atom is -0.384 e. The van der Waals surface area contributed by atoms with E-state index in [-0.39, 0.29) is 18.9 Å². The average molecular weight is 288 g/mol. The van der Waals surface area contributed by atoms with E-state index in [2.05, 4.69) is 9.97 Å². The molecule has 1 aliphatic rings. The predicted molar refractivity (Wildman–Crippen MR) is 71.5 cm³/mol. The fourth-order valence-electron chi connectivity index (χ4n) is 2.34. The zero-order valence-corrected chi connectivity index (χ0v) is 11.6. The van der Waals surface area contributed by atoms with E-state index in [0.717, 1.165) is 0 Å². The molecule has 0 amide bonds. The van der Waals surface area contributed by atoms with E-state index in [0.29, 0.717) is 30.4 Å². The number of anilines is 2. The number of nitrogens with zero attached hydrogens (tertiary/aromatic N) is 3. The Morgan fingerprint density at radius 3 is 2.65 bits per heavy atom. The minimum absolute atomic E-state index is 0.0580. The zero-order valence-electron chi connectivity index (χ0n) is 11.6. The van der Waals surface area contributed by atoms with Gasteiger partial charge in [-0.05, 0) is 12.8 Å². The molecule has 1 aliphatic heterocycles. The van der Waals surface area contributed by atoms with Gasteiger partial charge in [0.25, 0.3) is 0 Å². The molecule has 1 atom stereocenters. The molecule has 1 aromatic rings. The highest BCUT2D eigenvalue weighted by Crippen LogP contribution is 2.34. The predicted octanol–water partition coefficient (Wildman–Crippen LogP) is 2.96. The molecule has 0 aromatic carbocycles. The third kappa shape index (κ3) is 3.32. The van der Waals surface area contributed by atoms with Crippen LogP contribution in [0.25, 0.3) is 0 Å². The summed E-state index contributed by atoms with van der Waals surface area (Å²) in [7, 11) is 0. The minimum atomic E-state index is -4.15. The van der Waals surface area contributed by atoms with Crippen LogP contribution in [0.1, 0.15) is 38.4 Å². The summed E-state index contributed by atoms with van der Waals surface area (Å²) in [6.45, 7) is 4.36. The molecule has 0 spiro atoms. The largest absolute Gasteiger partial charge is 0.393 e. The topological polar surface area (TPSA) is 55.0 Å². The molecule has 2 heterocycles. The van der Waals surface area contributed by atoms with Crippen molar-refractivity contribution in [1.82, 2.24) is 9.97 Å². The van der Waals surface area contributed by atoms with Crippen molar-refractivity contribution >= 4 is 11.6 Å². The molecule has 20 heavy (non-hydrogen) atoms. The van der Waals surface area contributed by atoms with Crippen molar-refractivity contribution in [3.63, 3.8) is 0 Å². The molecule has 2 N–H and O–H groups in total. The van der Waals surface area contributed by atoms with E-state index in [1.807, 2.05) is 13.8 Å². The van der Waals surface area contributed by atoms with Crippen molar-refractivity contribution in [2.75, 3.05) is 23.7 Å². The van der Waals surface area contributed by atoms with Gasteiger partial charge in [0.05, 0.1) is 5.92 Å². The Kier molecular flexibility index (Phi) is 4.06. The maximum Gasteiger partial charge on any atom is 0.393 e. The van der Waals surface area contributed by atoms with Gasteiger partial charge in [-0.15, -0.1) is 0 Å². The molecule has 0 radical (unpaired) electrons. The maximum absolute atomic E-state index is 12.8. The molecule has 4 nitrogen and oxygen atoms in total. The summed E-state index contributed by atoms with van der Waals surface area (Å²) in [6.07, 6.45) is -3.47. The first kappa shape index (κ1) is 14.9. The van der Waals surface area contributed by atoms with Crippen LogP contribution in [0.4, 0.5) is 24.8 Å². The number of alkyl halides is 3. The summed E-state index contributed by atoms with van der Waals surface area (Å²) in [5.74, 6) is 0.146. The van der Waals surface area contributed by atoms with Gasteiger partial charge in [0.1, 0.15) is 17.5 Å². The lowest BCUT2D eigenvalue weighted by molar-refractivity contribution is -0.176. The Morgan fingerprint density at radius 2 is 2.05 bits per heavy atom. The van der Waals surface area contributed by atoms with Crippen LogP contribution < -0.4 is 10.6 Å². The zero-order chi connectivity index (χ0) is 14.9. The molecule has 112 valence electrons. The van der Waals surface area contributed by atoms with Gasteiger partial charge in [-0.3, -0.25) is 0 Å². The van der Waals surface area contributed by atoms with Gasteiger partial charge in [-0.25, -0.2) is 9.97 Å². The van der Waals surface area contributed by atoms with Gasteiger partial charge in [0.2, 0.25) is 0 Å². The Balaban J connectivity index is 2.23. The van der Waals surface area contributed by atoms with Crippen molar-refractivity contribution < 1.29 is 13.2 Å². The van der Waals surface area contributed by atoms with E-state index >= 15 is 0 Å². The molecular formula is C13H19F3N4. The van der Waals surface area contributed by atoms with Crippen LogP contribution in [-0.2, 0) is 0 Å². The average Bonchev–Trinajstić information content (AvgIpc) is 2.37. The van der Waals surface area contributed by atoms with Gasteiger partial charge < -0.3 is 10.6 Å². The lowest BCUT2D eigenvalue weighted by atomic mass is 9.97. The Labute approximate surface area is 116 Å². The van der Waals surface area contributed by atoms with Gasteiger partial charge in [-0.2, -0.15) is 13.2 Å². The number of hydrogen-bond acceptors (Lipinski definition) is 4. The third-order valence-electron chi connectivity index (χ3n) is 3.47. The third-order valence-corrected chi connectivity index (χ3v) is 3.47. The van der Waals surface area contributed by atoms with Gasteiger partial charge in [0.15, 0.2) is 0 Å². The van der Waals surface area contributed by atoms with Gasteiger partial charge in [0, 0.05) is 25.1 Å². The fraction of sp³-hybridized carbons (Fsp3) is 0.692. The molecule has 1 aromatic heterocycles. The van der Waals surface area contributed by atoms with Crippen molar-refractivity contribution in [2.24, 2.45) is 5.92 Å². The molecule has 0 bridgehead atoms. The number of nitrogen functional groups attached to an aromatic ring is 1. The summed E-state index contributed by atoms with van der Waals surface area (Å²) in [5, 5.41) is 0. The fourth-order valence-corrected chi connectivity index (χ4v) is 2.34. The van der Waals surface area contributed by atoms with Crippen LogP contribution in [0.2, 0.25) is 0 Å². The highest BCUT2D eigenvalue weighted by atomic mass is 19.4. The molecule has 1 unspecified atom stereocenters. The van der Waals surface area contributed by atoms with E-state index in [4.69, 9.17) is 5.73 Å². The lowest BCUT2D eigenvalue weighted by Crippen LogP contribution is -2.42. The van der Waals surface area contributed by atoms with Crippen LogP contribution in [0.5, 0.6) is 0 Å². The van der Waals surface area contributed by atoms with Gasteiger partial charge >= 0.3 is 6.18 Å². The second-order valence-corrected chi connectivity index (χ2v) is 5.49. The second-order valence-electron chi connectivity index (χ2n) is 5.49. The smallest absolute Gasteiger partial charge is 0.384 e. The Hall–Kier alpha value is -1.53. The summed E-state index contributed by atoms with van der Waals surface area (Å²) < 4.78 is 38.5. The second kappa shape index (κ2) is 5.46. The number of piperidine rings is 1. The van der Waals surface area contributed by atoms with Crippen LogP contribution in [-0.4, -0.2) is 29.2 Å². The molecular weight excluding hydrogens is 269 g/mol. The highest BCUT2D eigenvalue weighted by Gasteiger charge is 2.42. The summed E-state index contributed by atoms with van der Waals surface area (Å²) in [4.78, 5) is 10.1. The monoisotopic (exact) mass is 288 g/mol. The van der Waals surface area contributed by atoms with Crippen molar-refractivity contribution in [2.45, 2.75) is 38.8 Å². The Bertz CT molecular complexity index is 473. The molecule has 2 rings (SSSR count). The van der Waals surface area contributed by atoms with E-state index < -0.39 is 12.1 Å². The van der Waals surface area contributed by atoms with E-state index in [9.17, 15) is 13.2 Å². The lowest BCUT2D eigenvalue weighted by Gasteiger charge is -2.34. The SMILES string of the molecule is CC(C)c1nc(N)cc(N2CCCC(C(F)(F)F)C2)n1. The Morgan fingerprint density at radius 1 is 1.35 bits per heavy atom. The summed E-state index contributed by atoms with van der Waals surface area (Å²) in [5.41, 5.74) is 5.72. The highest BCUT2D eigenvalue weighted by molar-refractivity contribution is 5.47. The standard InChI is InChI=1S/C13H19F3N4/c1-8(2)12-18-10(17)6-11(19-12)20-5-3-4-9(7-20)13(14,15)16/h6,8-9H,3-5,7H2,1-2H3,(H2,17,18,19). The normalized spacial score (nSPS) is 20.5. The molecule has 0 saturated carbocycles. The number of halogens is 3. The van der Waals surface area contributed by atoms with Crippen molar-refractivity contribution in [3.8, 4) is 0 Å². The first-order valence-corrected chi connectivity index (χ1v) is 6.73. The van der Waals surface area contributed by atoms with Crippen LogP contribution in [0.3, 0.4) is 0 Å². The van der Waals surface area contributed by atoms with E-state index in [1.165, 1.54) is 0 Å². The summed E-state index contributed by atoms with van der Waals surface area (Å²) in [6, 6.07) is 1.55. The quantitative estimate of drug-likeness (QED) is 0.909. The van der Waals surface area contributed by atoms with Gasteiger partial charge in [-0.1, -0.05) is 13.8 Å². The number of rotatable bonds is 2. The first-order chi connectivity index (χ1) is 9.27. The first-order valence-electron chi connectivity index (χ1n) is 6.73. The summed E-state index contributed by atoms with van der Waals surface area (Å²) >= 11 is 0. The number of nitrogens with two attached hydrogens (primary N) is 1. The molecule has 1 saturated heterocycles. The maximum atomic E-state index is 12.8. The van der Waals surface area contributed by atoms with Crippen LogP contribution >= 0.6 is 0 Å². The van der Waals surface area contributed by atoms with Crippen molar-refractivity contribution in [3.05, 3.63) is 11.9 Å². The van der Waals surface area contributed by atoms with Crippen LogP contribution in [0, 0.1) is 5.92 Å². The molecule has 7 heteroatoms. The van der Waals surface area contributed by atoms with Crippen LogP contribution in [0.15, 0.2) is 6.07 Å². The van der Waals surface area contributed by atoms with Crippen molar-refractivity contribution in [1.29, 1.82) is 0 Å². The molecule has 1 fully saturated rings. The number of hydrogen-bond donors (Lipinski definition) is 1. The molecule has 0 aliphatic carbocycles. The van der Waals surface area contributed by atoms with E-state index in [1.54, 1.807) is 11.0 Å². The number of aromatic nitrogens is 2.